The first-order valence-corrected chi connectivity index (χ1v) is 11.5. The minimum absolute atomic E-state index is 0.00606. The number of sulfone groups is 1. The molecule has 1 aromatic heterocycles. The van der Waals surface area contributed by atoms with Gasteiger partial charge in [-0.1, -0.05) is 18.5 Å². The van der Waals surface area contributed by atoms with Gasteiger partial charge in [0.15, 0.2) is 11.5 Å². The lowest BCUT2D eigenvalue weighted by Gasteiger charge is -2.45. The first-order chi connectivity index (χ1) is 12.7. The number of aromatic nitrogens is 1. The van der Waals surface area contributed by atoms with Gasteiger partial charge in [-0.15, -0.1) is 0 Å². The number of hydrogen-bond donors (Lipinski definition) is 1. The fourth-order valence-corrected chi connectivity index (χ4v) is 5.89. The molecule has 2 aromatic rings. The van der Waals surface area contributed by atoms with Crippen molar-refractivity contribution in [2.45, 2.75) is 45.1 Å². The number of oxazole rings is 1. The van der Waals surface area contributed by atoms with Gasteiger partial charge in [0, 0.05) is 23.4 Å². The van der Waals surface area contributed by atoms with Crippen molar-refractivity contribution >= 4 is 38.4 Å². The Morgan fingerprint density at radius 1 is 1.33 bits per heavy atom. The summed E-state index contributed by atoms with van der Waals surface area (Å²) in [5.41, 5.74) is 1.53. The van der Waals surface area contributed by atoms with Crippen LogP contribution in [0.5, 0.6) is 0 Å². The highest BCUT2D eigenvalue weighted by molar-refractivity contribution is 7.91. The Morgan fingerprint density at radius 3 is 2.74 bits per heavy atom. The van der Waals surface area contributed by atoms with Crippen molar-refractivity contribution in [1.82, 2.24) is 10.3 Å². The minimum Gasteiger partial charge on any atom is -0.441 e. The highest BCUT2D eigenvalue weighted by atomic mass is 35.5. The third-order valence-electron chi connectivity index (χ3n) is 5.72. The second-order valence-corrected chi connectivity index (χ2v) is 11.0. The lowest BCUT2D eigenvalue weighted by Crippen LogP contribution is -2.52. The van der Waals surface area contributed by atoms with Crippen molar-refractivity contribution in [3.63, 3.8) is 0 Å². The lowest BCUT2D eigenvalue weighted by atomic mass is 9.65. The second-order valence-electron chi connectivity index (χ2n) is 8.25. The van der Waals surface area contributed by atoms with Gasteiger partial charge in [0.1, 0.15) is 15.4 Å². The van der Waals surface area contributed by atoms with Gasteiger partial charge in [-0.3, -0.25) is 4.79 Å². The van der Waals surface area contributed by atoms with Crippen molar-refractivity contribution < 1.29 is 17.6 Å². The van der Waals surface area contributed by atoms with Gasteiger partial charge in [0.05, 0.1) is 11.5 Å². The van der Waals surface area contributed by atoms with E-state index in [1.807, 2.05) is 6.07 Å². The zero-order valence-corrected chi connectivity index (χ0v) is 16.8. The van der Waals surface area contributed by atoms with Crippen LogP contribution in [0.25, 0.3) is 11.1 Å². The average molecular weight is 411 g/mol. The van der Waals surface area contributed by atoms with E-state index in [-0.39, 0.29) is 34.8 Å². The van der Waals surface area contributed by atoms with Gasteiger partial charge >= 0.3 is 0 Å². The van der Waals surface area contributed by atoms with Crippen LogP contribution in [0.3, 0.4) is 0 Å². The normalized spacial score (nSPS) is 28.0. The Kier molecular flexibility index (Phi) is 4.71. The Bertz CT molecular complexity index is 965. The predicted octanol–water partition coefficient (Wildman–Crippen LogP) is 3.13. The molecular weight excluding hydrogens is 388 g/mol. The van der Waals surface area contributed by atoms with Crippen molar-refractivity contribution in [2.75, 3.05) is 11.5 Å². The highest BCUT2D eigenvalue weighted by Crippen LogP contribution is 2.44. The molecule has 1 N–H and O–H groups in total. The summed E-state index contributed by atoms with van der Waals surface area (Å²) >= 11 is 5.99. The van der Waals surface area contributed by atoms with E-state index in [4.69, 9.17) is 16.0 Å². The van der Waals surface area contributed by atoms with Gasteiger partial charge in [-0.25, -0.2) is 13.4 Å². The zero-order valence-electron chi connectivity index (χ0n) is 15.2. The maximum atomic E-state index is 12.4. The summed E-state index contributed by atoms with van der Waals surface area (Å²) < 4.78 is 28.8. The maximum Gasteiger partial charge on any atom is 0.223 e. The number of rotatable bonds is 4. The van der Waals surface area contributed by atoms with Crippen LogP contribution < -0.4 is 5.32 Å². The monoisotopic (exact) mass is 410 g/mol. The summed E-state index contributed by atoms with van der Waals surface area (Å²) in [6.45, 7) is 2.17. The van der Waals surface area contributed by atoms with Gasteiger partial charge < -0.3 is 9.73 Å². The average Bonchev–Trinajstić information content (AvgIpc) is 2.94. The van der Waals surface area contributed by atoms with Gasteiger partial charge in [0.25, 0.3) is 0 Å². The number of benzene rings is 1. The van der Waals surface area contributed by atoms with E-state index in [0.717, 1.165) is 23.9 Å². The number of nitrogens with zero attached hydrogens (tertiary/aromatic N) is 1. The molecule has 4 rings (SSSR count). The van der Waals surface area contributed by atoms with Crippen LogP contribution in [0.1, 0.15) is 38.5 Å². The molecule has 6 nitrogen and oxygen atoms in total. The van der Waals surface area contributed by atoms with E-state index in [9.17, 15) is 13.2 Å². The highest BCUT2D eigenvalue weighted by Gasteiger charge is 2.43. The zero-order chi connectivity index (χ0) is 19.2. The van der Waals surface area contributed by atoms with Gasteiger partial charge in [-0.05, 0) is 49.3 Å². The van der Waals surface area contributed by atoms with Gasteiger partial charge in [-0.2, -0.15) is 0 Å². The quantitative estimate of drug-likeness (QED) is 0.836. The molecule has 1 saturated carbocycles. The minimum atomic E-state index is -2.94. The number of fused-ring (bicyclic) bond motifs is 1. The van der Waals surface area contributed by atoms with E-state index < -0.39 is 9.84 Å². The van der Waals surface area contributed by atoms with Gasteiger partial charge in [0.2, 0.25) is 5.91 Å². The summed E-state index contributed by atoms with van der Waals surface area (Å²) in [5, 5.41) is 3.72. The Hall–Kier alpha value is -1.60. The summed E-state index contributed by atoms with van der Waals surface area (Å²) in [4.78, 5) is 16.9. The van der Waals surface area contributed by atoms with Crippen LogP contribution in [-0.4, -0.2) is 36.9 Å². The largest absolute Gasteiger partial charge is 0.441 e. The molecule has 1 aliphatic heterocycles. The fourth-order valence-electron chi connectivity index (χ4n) is 4.24. The molecule has 2 fully saturated rings. The predicted molar refractivity (Wildman–Crippen MR) is 103 cm³/mol. The van der Waals surface area contributed by atoms with E-state index in [0.29, 0.717) is 30.2 Å². The van der Waals surface area contributed by atoms with E-state index in [2.05, 4.69) is 17.2 Å². The second kappa shape index (κ2) is 6.78. The first kappa shape index (κ1) is 18.7. The van der Waals surface area contributed by atoms with E-state index in [1.54, 1.807) is 12.1 Å². The molecule has 27 heavy (non-hydrogen) atoms. The standard InChI is InChI=1S/C19H23ClN2O4S/c1-19(11-17-22-15-8-13(20)2-3-16(15)26-17)9-14(10-19)21-18(23)12-4-6-27(24,25)7-5-12/h2-3,8,12,14H,4-7,9-11H2,1H3,(H,21,23). The molecule has 8 heteroatoms. The number of amides is 1. The molecule has 1 aliphatic carbocycles. The van der Waals surface area contributed by atoms with E-state index >= 15 is 0 Å². The number of carbonyl (C=O) groups excluding carboxylic acids is 1. The van der Waals surface area contributed by atoms with E-state index in [1.165, 1.54) is 0 Å². The van der Waals surface area contributed by atoms with Crippen LogP contribution in [-0.2, 0) is 21.1 Å². The van der Waals surface area contributed by atoms with Crippen molar-refractivity contribution in [3.8, 4) is 0 Å². The Labute approximate surface area is 163 Å². The van der Waals surface area contributed by atoms with Crippen LogP contribution in [0, 0.1) is 11.3 Å². The van der Waals surface area contributed by atoms with Crippen molar-refractivity contribution in [3.05, 3.63) is 29.1 Å². The Morgan fingerprint density at radius 2 is 2.04 bits per heavy atom. The maximum absolute atomic E-state index is 12.4. The molecule has 0 bridgehead atoms. The van der Waals surface area contributed by atoms with Crippen molar-refractivity contribution in [2.24, 2.45) is 11.3 Å². The van der Waals surface area contributed by atoms with Crippen LogP contribution in [0.15, 0.2) is 22.6 Å². The molecule has 1 aromatic carbocycles. The molecule has 0 radical (unpaired) electrons. The molecule has 0 atom stereocenters. The van der Waals surface area contributed by atoms with Crippen LogP contribution in [0.2, 0.25) is 5.02 Å². The van der Waals surface area contributed by atoms with Crippen molar-refractivity contribution in [1.29, 1.82) is 0 Å². The Balaban J connectivity index is 1.30. The van der Waals surface area contributed by atoms with Crippen LogP contribution >= 0.6 is 11.6 Å². The molecule has 1 amide bonds. The lowest BCUT2D eigenvalue weighted by molar-refractivity contribution is -0.127. The number of nitrogens with one attached hydrogen (secondary N) is 1. The topological polar surface area (TPSA) is 89.3 Å². The third-order valence-corrected chi connectivity index (χ3v) is 7.67. The molecule has 0 spiro atoms. The fraction of sp³-hybridized carbons (Fsp3) is 0.579. The summed E-state index contributed by atoms with van der Waals surface area (Å²) in [6.07, 6.45) is 3.31. The smallest absolute Gasteiger partial charge is 0.223 e. The number of hydrogen-bond acceptors (Lipinski definition) is 5. The molecule has 2 aliphatic rings. The summed E-state index contributed by atoms with van der Waals surface area (Å²) in [6, 6.07) is 5.54. The summed E-state index contributed by atoms with van der Waals surface area (Å²) in [7, 11) is -2.94. The number of halogens is 1. The summed E-state index contributed by atoms with van der Waals surface area (Å²) in [5.74, 6) is 0.748. The molecule has 146 valence electrons. The SMILES string of the molecule is CC1(Cc2nc3cc(Cl)ccc3o2)CC(NC(=O)C2CCS(=O)(=O)CC2)C1. The molecule has 2 heterocycles. The van der Waals surface area contributed by atoms with Crippen LogP contribution in [0.4, 0.5) is 0 Å². The molecular formula is C19H23ClN2O4S. The molecule has 1 saturated heterocycles. The third kappa shape index (κ3) is 4.14. The number of carbonyl (C=O) groups is 1. The molecule has 0 unspecified atom stereocenters. The first-order valence-electron chi connectivity index (χ1n) is 9.27.